The number of rotatable bonds is 7. The maximum absolute atomic E-state index is 12.4. The zero-order valence-electron chi connectivity index (χ0n) is 15.3. The van der Waals surface area contributed by atoms with E-state index in [1.165, 1.54) is 4.90 Å². The van der Waals surface area contributed by atoms with Crippen molar-refractivity contribution in [1.82, 2.24) is 19.7 Å². The zero-order valence-corrected chi connectivity index (χ0v) is 16.1. The molecule has 0 spiro atoms. The highest BCUT2D eigenvalue weighted by Crippen LogP contribution is 2.21. The number of amides is 1. The number of nitrogens with zero attached hydrogens (tertiary/aromatic N) is 5. The van der Waals surface area contributed by atoms with Crippen molar-refractivity contribution in [2.75, 3.05) is 37.5 Å². The molecule has 9 nitrogen and oxygen atoms in total. The van der Waals surface area contributed by atoms with E-state index in [0.717, 1.165) is 11.8 Å². The molecule has 146 valence electrons. The van der Waals surface area contributed by atoms with Gasteiger partial charge in [-0.3, -0.25) is 9.11 Å². The van der Waals surface area contributed by atoms with Crippen LogP contribution < -0.4 is 4.90 Å². The average Bonchev–Trinajstić information content (AvgIpc) is 3.34. The summed E-state index contributed by atoms with van der Waals surface area (Å²) < 4.78 is 24.0. The van der Waals surface area contributed by atoms with Gasteiger partial charge in [0.15, 0.2) is 5.65 Å². The molecule has 0 bridgehead atoms. The molecule has 1 atom stereocenters. The lowest BCUT2D eigenvalue weighted by atomic mass is 10.3. The fourth-order valence-electron chi connectivity index (χ4n) is 2.93. The van der Waals surface area contributed by atoms with E-state index in [9.17, 15) is 9.00 Å². The summed E-state index contributed by atoms with van der Waals surface area (Å²) in [4.78, 5) is 22.6. The van der Waals surface area contributed by atoms with Crippen LogP contribution in [0, 0.1) is 0 Å². The molecule has 4 rings (SSSR count). The van der Waals surface area contributed by atoms with Gasteiger partial charge in [-0.15, -0.1) is 0 Å². The van der Waals surface area contributed by atoms with Crippen molar-refractivity contribution in [3.63, 3.8) is 0 Å². The second-order valence-corrected chi connectivity index (χ2v) is 7.75. The Bertz CT molecular complexity index is 1020. The maximum atomic E-state index is 12.4. The fourth-order valence-corrected chi connectivity index (χ4v) is 3.98. The molecule has 3 aromatic rings. The van der Waals surface area contributed by atoms with Crippen molar-refractivity contribution >= 4 is 33.7 Å². The van der Waals surface area contributed by atoms with E-state index in [1.807, 2.05) is 12.1 Å². The van der Waals surface area contributed by atoms with Crippen molar-refractivity contribution in [2.45, 2.75) is 11.3 Å². The fraction of sp³-hybridized carbons (Fsp3) is 0.333. The monoisotopic (exact) mass is 401 g/mol. The van der Waals surface area contributed by atoms with Crippen molar-refractivity contribution in [2.24, 2.45) is 0 Å². The highest BCUT2D eigenvalue weighted by Gasteiger charge is 2.24. The lowest BCUT2D eigenvalue weighted by Gasteiger charge is -2.11. The van der Waals surface area contributed by atoms with E-state index in [0.29, 0.717) is 47.6 Å². The minimum atomic E-state index is -1.13. The van der Waals surface area contributed by atoms with Crippen molar-refractivity contribution in [1.29, 1.82) is 0 Å². The van der Waals surface area contributed by atoms with Crippen LogP contribution in [-0.2, 0) is 20.3 Å². The summed E-state index contributed by atoms with van der Waals surface area (Å²) in [5, 5.41) is 5.17. The molecule has 10 heteroatoms. The molecule has 3 aromatic heterocycles. The lowest BCUT2D eigenvalue weighted by molar-refractivity contribution is 0.181. The van der Waals surface area contributed by atoms with E-state index >= 15 is 0 Å². The normalized spacial score (nSPS) is 15.2. The first-order valence-electron chi connectivity index (χ1n) is 8.79. The molecular formula is C18H19N5O4S. The molecule has 1 aliphatic rings. The first kappa shape index (κ1) is 18.5. The molecule has 1 saturated heterocycles. The highest BCUT2D eigenvalue weighted by molar-refractivity contribution is 7.85. The number of cyclic esters (lactones) is 1. The van der Waals surface area contributed by atoms with Gasteiger partial charge in [-0.2, -0.15) is 5.10 Å². The number of hydrogen-bond donors (Lipinski definition) is 0. The van der Waals surface area contributed by atoms with Gasteiger partial charge >= 0.3 is 6.09 Å². The van der Waals surface area contributed by atoms with E-state index < -0.39 is 16.9 Å². The second kappa shape index (κ2) is 8.03. The van der Waals surface area contributed by atoms with Crippen molar-refractivity contribution in [3.8, 4) is 5.69 Å². The number of carbonyl (C=O) groups excluding carboxylic acids is 1. The zero-order chi connectivity index (χ0) is 19.5. The number of fused-ring (bicyclic) bond motifs is 1. The number of pyridine rings is 2. The first-order chi connectivity index (χ1) is 13.7. The van der Waals surface area contributed by atoms with Crippen molar-refractivity contribution in [3.05, 3.63) is 36.8 Å². The Morgan fingerprint density at radius 1 is 1.25 bits per heavy atom. The van der Waals surface area contributed by atoms with Gasteiger partial charge in [0.1, 0.15) is 12.4 Å². The topological polar surface area (TPSA) is 99.4 Å². The van der Waals surface area contributed by atoms with Gasteiger partial charge in [0.05, 0.1) is 40.3 Å². The number of carbonyl (C=O) groups is 1. The summed E-state index contributed by atoms with van der Waals surface area (Å²) in [7, 11) is 0.503. The molecule has 0 unspecified atom stereocenters. The Kier molecular flexibility index (Phi) is 5.31. The van der Waals surface area contributed by atoms with Gasteiger partial charge < -0.3 is 9.47 Å². The first-order valence-corrected chi connectivity index (χ1v) is 10.1. The smallest absolute Gasteiger partial charge is 0.415 e. The summed E-state index contributed by atoms with van der Waals surface area (Å²) in [6.07, 6.45) is 5.27. The number of methoxy groups -OCH3 is 1. The molecule has 0 aromatic carbocycles. The Morgan fingerprint density at radius 3 is 2.86 bits per heavy atom. The van der Waals surface area contributed by atoms with E-state index in [2.05, 4.69) is 15.1 Å². The van der Waals surface area contributed by atoms with Crippen molar-refractivity contribution < 1.29 is 18.5 Å². The molecule has 28 heavy (non-hydrogen) atoms. The van der Waals surface area contributed by atoms with Crippen LogP contribution in [-0.4, -0.2) is 62.7 Å². The second-order valence-electron chi connectivity index (χ2n) is 6.18. The minimum Gasteiger partial charge on any atom is -0.447 e. The Morgan fingerprint density at radius 2 is 2.14 bits per heavy atom. The number of ether oxygens (including phenoxy) is 2. The van der Waals surface area contributed by atoms with Gasteiger partial charge in [0, 0.05) is 31.1 Å². The van der Waals surface area contributed by atoms with E-state index in [-0.39, 0.29) is 0 Å². The number of aromatic nitrogens is 4. The Balaban J connectivity index is 1.56. The SMILES string of the molecule is COCCC[S@](=O)c1cnc2c(cnn2-c2ccc(N3CCOC3=O)nc2)c1. The molecule has 0 N–H and O–H groups in total. The van der Waals surface area contributed by atoms with Gasteiger partial charge in [0.25, 0.3) is 0 Å². The van der Waals surface area contributed by atoms with Crippen LogP contribution in [0.25, 0.3) is 16.7 Å². The summed E-state index contributed by atoms with van der Waals surface area (Å²) in [6, 6.07) is 5.41. The van der Waals surface area contributed by atoms with E-state index in [4.69, 9.17) is 9.47 Å². The van der Waals surface area contributed by atoms with Crippen LogP contribution >= 0.6 is 0 Å². The molecular weight excluding hydrogens is 382 g/mol. The van der Waals surface area contributed by atoms with Crippen LogP contribution in [0.3, 0.4) is 0 Å². The Hall–Kier alpha value is -2.85. The lowest BCUT2D eigenvalue weighted by Crippen LogP contribution is -2.24. The quantitative estimate of drug-likeness (QED) is 0.558. The highest BCUT2D eigenvalue weighted by atomic mass is 32.2. The van der Waals surface area contributed by atoms with Crippen LogP contribution in [0.2, 0.25) is 0 Å². The number of hydrogen-bond acceptors (Lipinski definition) is 7. The van der Waals surface area contributed by atoms with Crippen LogP contribution in [0.15, 0.2) is 41.7 Å². The third kappa shape index (κ3) is 3.60. The molecule has 1 aliphatic heterocycles. The maximum Gasteiger partial charge on any atom is 0.415 e. The summed E-state index contributed by atoms with van der Waals surface area (Å²) >= 11 is 0. The molecule has 1 amide bonds. The third-order valence-electron chi connectivity index (χ3n) is 4.34. The van der Waals surface area contributed by atoms with Gasteiger partial charge in [-0.1, -0.05) is 0 Å². The van der Waals surface area contributed by atoms with Crippen LogP contribution in [0.1, 0.15) is 6.42 Å². The summed E-state index contributed by atoms with van der Waals surface area (Å²) in [5.74, 6) is 1.06. The minimum absolute atomic E-state index is 0.366. The molecule has 4 heterocycles. The Labute approximate surface area is 163 Å². The third-order valence-corrected chi connectivity index (χ3v) is 5.75. The van der Waals surface area contributed by atoms with Gasteiger partial charge in [-0.25, -0.2) is 19.4 Å². The van der Waals surface area contributed by atoms with Crippen LogP contribution in [0.4, 0.5) is 10.6 Å². The number of anilines is 1. The molecule has 0 saturated carbocycles. The average molecular weight is 401 g/mol. The van der Waals surface area contributed by atoms with E-state index in [1.54, 1.807) is 36.4 Å². The van der Waals surface area contributed by atoms with Gasteiger partial charge in [0.2, 0.25) is 0 Å². The van der Waals surface area contributed by atoms with Crippen LogP contribution in [0.5, 0.6) is 0 Å². The predicted molar refractivity (Wildman–Crippen MR) is 103 cm³/mol. The molecule has 0 radical (unpaired) electrons. The predicted octanol–water partition coefficient (Wildman–Crippen LogP) is 1.92. The summed E-state index contributed by atoms with van der Waals surface area (Å²) in [5.41, 5.74) is 1.36. The molecule has 0 aliphatic carbocycles. The van der Waals surface area contributed by atoms with Gasteiger partial charge in [-0.05, 0) is 24.6 Å². The largest absolute Gasteiger partial charge is 0.447 e. The summed E-state index contributed by atoms with van der Waals surface area (Å²) in [6.45, 7) is 1.43. The molecule has 1 fully saturated rings. The standard InChI is InChI=1S/C18H19N5O4S/c1-26-6-2-8-28(25)15-9-13-10-21-23(17(13)20-12-15)14-3-4-16(19-11-14)22-5-7-27-18(22)24/h3-4,9-12H,2,5-8H2,1H3/t28-/m0/s1.